The van der Waals surface area contributed by atoms with Crippen molar-refractivity contribution in [3.05, 3.63) is 35.9 Å². The van der Waals surface area contributed by atoms with Gasteiger partial charge in [0.1, 0.15) is 6.61 Å². The van der Waals surface area contributed by atoms with Gasteiger partial charge in [-0.25, -0.2) is 9.80 Å². The van der Waals surface area contributed by atoms with E-state index in [0.29, 0.717) is 0 Å². The minimum Gasteiger partial charge on any atom is -0.442 e. The van der Waals surface area contributed by atoms with Crippen LogP contribution in [-0.2, 0) is 16.1 Å². The number of amides is 2. The average Bonchev–Trinajstić information content (AvgIpc) is 2.27. The monoisotopic (exact) mass is 221 g/mol. The molecule has 0 aliphatic heterocycles. The molecule has 0 fully saturated rings. The fourth-order valence-corrected chi connectivity index (χ4v) is 0.941. The molecule has 0 saturated carbocycles. The van der Waals surface area contributed by atoms with E-state index in [9.17, 15) is 9.59 Å². The molecule has 0 atom stereocenters. The molecule has 1 aromatic rings. The van der Waals surface area contributed by atoms with E-state index in [-0.39, 0.29) is 12.5 Å². The Kier molecular flexibility index (Phi) is 4.32. The molecule has 0 bridgehead atoms. The van der Waals surface area contributed by atoms with Crippen LogP contribution in [0.4, 0.5) is 4.79 Å². The second kappa shape index (κ2) is 5.75. The third kappa shape index (κ3) is 4.00. The summed E-state index contributed by atoms with van der Waals surface area (Å²) >= 11 is 0. The molecule has 1 rings (SSSR count). The van der Waals surface area contributed by atoms with Crippen LogP contribution in [-0.4, -0.2) is 24.1 Å². The highest BCUT2D eigenvalue weighted by molar-refractivity contribution is 5.76. The molecule has 5 nitrogen and oxygen atoms in total. The van der Waals surface area contributed by atoms with Gasteiger partial charge in [-0.1, -0.05) is 35.8 Å². The van der Waals surface area contributed by atoms with Crippen molar-refractivity contribution in [2.45, 2.75) is 13.5 Å². The van der Waals surface area contributed by atoms with Crippen LogP contribution in [0.1, 0.15) is 12.5 Å². The average molecular weight is 221 g/mol. The maximum atomic E-state index is 11.1. The van der Waals surface area contributed by atoms with Crippen molar-refractivity contribution in [2.24, 2.45) is 0 Å². The highest BCUT2D eigenvalue weighted by atomic mass is 16.6. The molecule has 5 heteroatoms. The molecule has 85 valence electrons. The summed E-state index contributed by atoms with van der Waals surface area (Å²) in [7, 11) is 1.39. The predicted molar refractivity (Wildman–Crippen MR) is 57.2 cm³/mol. The van der Waals surface area contributed by atoms with Crippen molar-refractivity contribution in [3.8, 4) is 0 Å². The topological polar surface area (TPSA) is 60.7 Å². The fourth-order valence-electron chi connectivity index (χ4n) is 0.941. The normalized spacial score (nSPS) is 9.38. The molecule has 0 unspecified atom stereocenters. The Labute approximate surface area is 94.0 Å². The summed E-state index contributed by atoms with van der Waals surface area (Å²) in [5.74, 6) is -0.323. The Morgan fingerprint density at radius 2 is 1.94 bits per heavy atom. The fraction of sp³-hybridized carbons (Fsp3) is 0.273. The van der Waals surface area contributed by atoms with Gasteiger partial charge in [0.05, 0.1) is 0 Å². The van der Waals surface area contributed by atoms with Crippen molar-refractivity contribution in [1.29, 1.82) is 0 Å². The van der Waals surface area contributed by atoms with Crippen molar-refractivity contribution in [2.75, 3.05) is 7.05 Å². The Morgan fingerprint density at radius 3 is 2.50 bits per heavy atom. The highest BCUT2D eigenvalue weighted by Gasteiger charge is 2.10. The van der Waals surface area contributed by atoms with Gasteiger partial charge in [0.15, 0.2) is 0 Å². The van der Waals surface area contributed by atoms with Crippen molar-refractivity contribution in [3.63, 3.8) is 0 Å². The molecule has 0 aliphatic rings. The lowest BCUT2D eigenvalue weighted by Crippen LogP contribution is -2.36. The van der Waals surface area contributed by atoms with Gasteiger partial charge < -0.3 is 4.74 Å². The van der Waals surface area contributed by atoms with Gasteiger partial charge in [0, 0.05) is 14.0 Å². The lowest BCUT2D eigenvalue weighted by molar-refractivity contribution is -0.130. The van der Waals surface area contributed by atoms with Gasteiger partial charge in [-0.05, 0) is 5.56 Å². The first kappa shape index (κ1) is 12.0. The predicted octanol–water partition coefficient (Wildman–Crippen LogP) is 1.32. The number of ether oxygens (including phenoxy) is 1. The van der Waals surface area contributed by atoms with Gasteiger partial charge in [-0.3, -0.25) is 4.79 Å². The van der Waals surface area contributed by atoms with Gasteiger partial charge >= 0.3 is 6.09 Å². The van der Waals surface area contributed by atoms with Crippen molar-refractivity contribution < 1.29 is 14.3 Å². The lowest BCUT2D eigenvalue weighted by Gasteiger charge is -2.12. The number of hydrogen-bond acceptors (Lipinski definition) is 3. The zero-order chi connectivity index (χ0) is 12.0. The smallest absolute Gasteiger partial charge is 0.442 e. The summed E-state index contributed by atoms with van der Waals surface area (Å²) in [6.07, 6.45) is -0.776. The first-order chi connectivity index (χ1) is 7.59. The number of carbonyl (C=O) groups is 2. The lowest BCUT2D eigenvalue weighted by atomic mass is 10.2. The van der Waals surface area contributed by atoms with Crippen LogP contribution in [0.25, 0.3) is 0 Å². The quantitative estimate of drug-likeness (QED) is 0.707. The van der Waals surface area contributed by atoms with E-state index in [1.807, 2.05) is 30.3 Å². The molecular weight excluding hydrogens is 208 g/mol. The molecule has 0 N–H and O–H groups in total. The van der Waals surface area contributed by atoms with Gasteiger partial charge in [0.2, 0.25) is 5.91 Å². The second-order valence-electron chi connectivity index (χ2n) is 3.18. The maximum Gasteiger partial charge on any atom is 0.451 e. The summed E-state index contributed by atoms with van der Waals surface area (Å²) in [5, 5.41) is 0.938. The standard InChI is InChI=1S/C11H13N2O3/c1-9(14)13(2)12-11(15)16-8-10-6-4-3-5-7-10/h3-7H,8H2,1-2H3. The Bertz CT molecular complexity index is 365. The van der Waals surface area contributed by atoms with Crippen molar-refractivity contribution in [1.82, 2.24) is 10.4 Å². The van der Waals surface area contributed by atoms with E-state index in [1.54, 1.807) is 0 Å². The molecule has 0 spiro atoms. The van der Waals surface area contributed by atoms with E-state index in [0.717, 1.165) is 10.6 Å². The first-order valence-electron chi connectivity index (χ1n) is 4.76. The molecule has 0 aliphatic carbocycles. The van der Waals surface area contributed by atoms with Gasteiger partial charge in [0.25, 0.3) is 0 Å². The van der Waals surface area contributed by atoms with E-state index >= 15 is 0 Å². The van der Waals surface area contributed by atoms with E-state index in [1.165, 1.54) is 14.0 Å². The molecular formula is C11H13N2O3. The minimum atomic E-state index is -0.776. The Morgan fingerprint density at radius 1 is 1.31 bits per heavy atom. The maximum absolute atomic E-state index is 11.1. The highest BCUT2D eigenvalue weighted by Crippen LogP contribution is 2.00. The number of rotatable bonds is 2. The summed E-state index contributed by atoms with van der Waals surface area (Å²) in [5.41, 5.74) is 4.29. The van der Waals surface area contributed by atoms with Crippen LogP contribution >= 0.6 is 0 Å². The van der Waals surface area contributed by atoms with Crippen LogP contribution in [0.15, 0.2) is 30.3 Å². The molecule has 0 saturated heterocycles. The molecule has 1 radical (unpaired) electrons. The van der Waals surface area contributed by atoms with Crippen LogP contribution in [0.2, 0.25) is 0 Å². The summed E-state index contributed by atoms with van der Waals surface area (Å²) < 4.78 is 4.85. The molecule has 0 aromatic heterocycles. The largest absolute Gasteiger partial charge is 0.451 e. The molecule has 1 aromatic carbocycles. The number of hydrogen-bond donors (Lipinski definition) is 0. The Balaban J connectivity index is 2.33. The zero-order valence-electron chi connectivity index (χ0n) is 9.21. The zero-order valence-corrected chi connectivity index (χ0v) is 9.21. The summed E-state index contributed by atoms with van der Waals surface area (Å²) in [6.45, 7) is 1.46. The summed E-state index contributed by atoms with van der Waals surface area (Å²) in [4.78, 5) is 21.9. The number of benzene rings is 1. The Hall–Kier alpha value is -2.04. The third-order valence-corrected chi connectivity index (χ3v) is 1.89. The van der Waals surface area contributed by atoms with Crippen LogP contribution in [0.3, 0.4) is 0 Å². The number of nitrogens with zero attached hydrogens (tertiary/aromatic N) is 2. The van der Waals surface area contributed by atoms with Crippen molar-refractivity contribution >= 4 is 12.0 Å². The van der Waals surface area contributed by atoms with Gasteiger partial charge in [-0.2, -0.15) is 0 Å². The molecule has 16 heavy (non-hydrogen) atoms. The first-order valence-corrected chi connectivity index (χ1v) is 4.76. The SMILES string of the molecule is CC(=O)N(C)[N]C(=O)OCc1ccccc1. The van der Waals surface area contributed by atoms with E-state index < -0.39 is 6.09 Å². The molecule has 0 heterocycles. The van der Waals surface area contributed by atoms with Gasteiger partial charge in [-0.15, -0.1) is 0 Å². The van der Waals surface area contributed by atoms with Crippen LogP contribution in [0, 0.1) is 0 Å². The van der Waals surface area contributed by atoms with E-state index in [4.69, 9.17) is 4.74 Å². The van der Waals surface area contributed by atoms with E-state index in [2.05, 4.69) is 5.43 Å². The number of carbonyl (C=O) groups excluding carboxylic acids is 2. The van der Waals surface area contributed by atoms with Crippen LogP contribution < -0.4 is 5.43 Å². The second-order valence-corrected chi connectivity index (χ2v) is 3.18. The van der Waals surface area contributed by atoms with Crippen LogP contribution in [0.5, 0.6) is 0 Å². The minimum absolute atomic E-state index is 0.148. The third-order valence-electron chi connectivity index (χ3n) is 1.89. The molecule has 2 amide bonds. The summed E-state index contributed by atoms with van der Waals surface area (Å²) in [6, 6.07) is 9.24.